The number of ether oxygens (including phenoxy) is 1. The van der Waals surface area contributed by atoms with Gasteiger partial charge in [-0.25, -0.2) is 0 Å². The van der Waals surface area contributed by atoms with E-state index in [2.05, 4.69) is 16.0 Å². The summed E-state index contributed by atoms with van der Waals surface area (Å²) in [5.41, 5.74) is 1.21. The van der Waals surface area contributed by atoms with E-state index in [1.807, 2.05) is 0 Å². The molecule has 0 aromatic heterocycles. The summed E-state index contributed by atoms with van der Waals surface area (Å²) in [5, 5.41) is 8.60. The number of thioether (sulfide) groups is 1. The van der Waals surface area contributed by atoms with Crippen molar-refractivity contribution in [1.29, 1.82) is 0 Å². The Morgan fingerprint density at radius 3 is 2.71 bits per heavy atom. The van der Waals surface area contributed by atoms with Crippen LogP contribution in [0, 0.1) is 0 Å². The fraction of sp³-hybridized carbons (Fsp3) is 0.385. The van der Waals surface area contributed by atoms with Gasteiger partial charge in [-0.3, -0.25) is 14.9 Å². The molecule has 1 aliphatic rings. The van der Waals surface area contributed by atoms with Gasteiger partial charge in [0.05, 0.1) is 18.8 Å². The predicted molar refractivity (Wildman–Crippen MR) is 87.4 cm³/mol. The normalized spacial score (nSPS) is 16.8. The average Bonchev–Trinajstić information content (AvgIpc) is 2.94. The molecule has 0 spiro atoms. The topological polar surface area (TPSA) is 79.5 Å². The predicted octanol–water partition coefficient (Wildman–Crippen LogP) is 1.68. The number of carbonyl (C=O) groups is 2. The van der Waals surface area contributed by atoms with Crippen molar-refractivity contribution >= 4 is 47.4 Å². The number of carbonyl (C=O) groups excluding carboxylic acids is 2. The van der Waals surface area contributed by atoms with Gasteiger partial charge in [0.25, 0.3) is 0 Å². The Kier molecular flexibility index (Phi) is 6.80. The van der Waals surface area contributed by atoms with Crippen LogP contribution < -0.4 is 20.7 Å². The second-order valence-electron chi connectivity index (χ2n) is 4.36. The number of amides is 2. The molecule has 2 amide bonds. The lowest BCUT2D eigenvalue weighted by Gasteiger charge is -2.13. The summed E-state index contributed by atoms with van der Waals surface area (Å²) >= 11 is 1.69. The third-order valence-electron chi connectivity index (χ3n) is 2.81. The largest absolute Gasteiger partial charge is 0.494 e. The molecule has 3 N–H and O–H groups in total. The summed E-state index contributed by atoms with van der Waals surface area (Å²) in [6.45, 7) is 1.43. The first-order valence-corrected chi connectivity index (χ1v) is 7.33. The minimum absolute atomic E-state index is 0. The van der Waals surface area contributed by atoms with E-state index in [1.54, 1.807) is 30.0 Å². The molecule has 1 atom stereocenters. The molecule has 8 heteroatoms. The standard InChI is InChI=1S/C13H17N3O3S.ClH/c1-8(17)15-10-4-3-9(5-12(10)19-2)16-13(18)11-6-20-7-14-11;/h3-5,11,14H,6-7H2,1-2H3,(H,15,17)(H,16,18);1H. The number of hydrogen-bond acceptors (Lipinski definition) is 5. The summed E-state index contributed by atoms with van der Waals surface area (Å²) in [7, 11) is 1.52. The van der Waals surface area contributed by atoms with Gasteiger partial charge in [0.1, 0.15) is 5.75 Å². The number of halogens is 1. The number of rotatable bonds is 4. The molecule has 6 nitrogen and oxygen atoms in total. The molecule has 0 saturated carbocycles. The van der Waals surface area contributed by atoms with Crippen LogP contribution in [-0.4, -0.2) is 36.6 Å². The number of methoxy groups -OCH3 is 1. The fourth-order valence-electron chi connectivity index (χ4n) is 1.85. The van der Waals surface area contributed by atoms with Crippen molar-refractivity contribution in [2.75, 3.05) is 29.4 Å². The van der Waals surface area contributed by atoms with E-state index in [0.717, 1.165) is 11.6 Å². The molecule has 0 bridgehead atoms. The number of benzene rings is 1. The molecular formula is C13H18ClN3O3S. The van der Waals surface area contributed by atoms with Gasteiger partial charge in [0.15, 0.2) is 0 Å². The van der Waals surface area contributed by atoms with Crippen molar-refractivity contribution in [2.24, 2.45) is 0 Å². The van der Waals surface area contributed by atoms with Crippen LogP contribution in [0.5, 0.6) is 5.75 Å². The van der Waals surface area contributed by atoms with Crippen molar-refractivity contribution in [1.82, 2.24) is 5.32 Å². The summed E-state index contributed by atoms with van der Waals surface area (Å²) in [5.74, 6) is 1.83. The van der Waals surface area contributed by atoms with Crippen LogP contribution in [0.2, 0.25) is 0 Å². The monoisotopic (exact) mass is 331 g/mol. The third kappa shape index (κ3) is 4.80. The zero-order chi connectivity index (χ0) is 14.5. The molecule has 21 heavy (non-hydrogen) atoms. The number of anilines is 2. The molecule has 0 aliphatic carbocycles. The first-order valence-electron chi connectivity index (χ1n) is 6.18. The molecule has 116 valence electrons. The highest BCUT2D eigenvalue weighted by atomic mass is 35.5. The number of nitrogens with one attached hydrogen (secondary N) is 3. The van der Waals surface area contributed by atoms with Crippen LogP contribution >= 0.6 is 24.2 Å². The van der Waals surface area contributed by atoms with Crippen LogP contribution in [0.1, 0.15) is 6.92 Å². The summed E-state index contributed by atoms with van der Waals surface area (Å²) in [4.78, 5) is 23.1. The highest BCUT2D eigenvalue weighted by Gasteiger charge is 2.22. The van der Waals surface area contributed by atoms with E-state index in [1.165, 1.54) is 14.0 Å². The van der Waals surface area contributed by atoms with Gasteiger partial charge in [-0.1, -0.05) is 0 Å². The van der Waals surface area contributed by atoms with Gasteiger partial charge in [0, 0.05) is 30.3 Å². The van der Waals surface area contributed by atoms with E-state index in [4.69, 9.17) is 4.74 Å². The van der Waals surface area contributed by atoms with Crippen LogP contribution in [0.25, 0.3) is 0 Å². The molecule has 1 fully saturated rings. The van der Waals surface area contributed by atoms with Crippen LogP contribution in [0.15, 0.2) is 18.2 Å². The molecule has 1 aromatic rings. The Morgan fingerprint density at radius 1 is 1.38 bits per heavy atom. The van der Waals surface area contributed by atoms with E-state index >= 15 is 0 Å². The van der Waals surface area contributed by atoms with E-state index < -0.39 is 0 Å². The van der Waals surface area contributed by atoms with E-state index in [-0.39, 0.29) is 30.3 Å². The van der Waals surface area contributed by atoms with Gasteiger partial charge in [-0.15, -0.1) is 24.2 Å². The third-order valence-corrected chi connectivity index (χ3v) is 3.75. The Labute approximate surface area is 133 Å². The summed E-state index contributed by atoms with van der Waals surface area (Å²) < 4.78 is 5.21. The molecule has 1 unspecified atom stereocenters. The molecule has 0 radical (unpaired) electrons. The maximum atomic E-state index is 12.0. The van der Waals surface area contributed by atoms with Crippen LogP contribution in [-0.2, 0) is 9.59 Å². The van der Waals surface area contributed by atoms with Gasteiger partial charge in [-0.05, 0) is 12.1 Å². The van der Waals surface area contributed by atoms with Crippen LogP contribution in [0.4, 0.5) is 11.4 Å². The molecule has 2 rings (SSSR count). The number of hydrogen-bond donors (Lipinski definition) is 3. The van der Waals surface area contributed by atoms with Crippen molar-refractivity contribution in [3.05, 3.63) is 18.2 Å². The second-order valence-corrected chi connectivity index (χ2v) is 5.39. The van der Waals surface area contributed by atoms with Gasteiger partial charge >= 0.3 is 0 Å². The SMILES string of the molecule is COc1cc(NC(=O)C2CSCN2)ccc1NC(C)=O.Cl. The fourth-order valence-corrected chi connectivity index (χ4v) is 2.80. The molecule has 1 heterocycles. The quantitative estimate of drug-likeness (QED) is 0.782. The first-order chi connectivity index (χ1) is 9.60. The lowest BCUT2D eigenvalue weighted by molar-refractivity contribution is -0.117. The second kappa shape index (κ2) is 8.11. The highest BCUT2D eigenvalue weighted by Crippen LogP contribution is 2.28. The maximum Gasteiger partial charge on any atom is 0.242 e. The highest BCUT2D eigenvalue weighted by molar-refractivity contribution is 7.99. The van der Waals surface area contributed by atoms with Gasteiger partial charge in [0.2, 0.25) is 11.8 Å². The van der Waals surface area contributed by atoms with Crippen molar-refractivity contribution in [2.45, 2.75) is 13.0 Å². The minimum atomic E-state index is -0.174. The molecule has 1 aliphatic heterocycles. The Bertz CT molecular complexity index is 521. The average molecular weight is 332 g/mol. The maximum absolute atomic E-state index is 12.0. The summed E-state index contributed by atoms with van der Waals surface area (Å²) in [6, 6.07) is 4.95. The first kappa shape index (κ1) is 17.6. The van der Waals surface area contributed by atoms with Crippen molar-refractivity contribution < 1.29 is 14.3 Å². The van der Waals surface area contributed by atoms with Gasteiger partial charge < -0.3 is 15.4 Å². The van der Waals surface area contributed by atoms with Crippen LogP contribution in [0.3, 0.4) is 0 Å². The van der Waals surface area contributed by atoms with E-state index in [0.29, 0.717) is 17.1 Å². The minimum Gasteiger partial charge on any atom is -0.494 e. The Hall–Kier alpha value is -1.44. The van der Waals surface area contributed by atoms with Gasteiger partial charge in [-0.2, -0.15) is 0 Å². The Morgan fingerprint density at radius 2 is 2.14 bits per heavy atom. The lowest BCUT2D eigenvalue weighted by Crippen LogP contribution is -2.37. The Balaban J connectivity index is 0.00000220. The molecule has 1 aromatic carbocycles. The van der Waals surface area contributed by atoms with E-state index in [9.17, 15) is 9.59 Å². The smallest absolute Gasteiger partial charge is 0.242 e. The summed E-state index contributed by atoms with van der Waals surface area (Å²) in [6.07, 6.45) is 0. The molecule has 1 saturated heterocycles. The van der Waals surface area contributed by atoms with Crippen molar-refractivity contribution in [3.8, 4) is 5.75 Å². The lowest BCUT2D eigenvalue weighted by atomic mass is 10.2. The zero-order valence-electron chi connectivity index (χ0n) is 11.8. The zero-order valence-corrected chi connectivity index (χ0v) is 13.4. The van der Waals surface area contributed by atoms with Crippen molar-refractivity contribution in [3.63, 3.8) is 0 Å². The molecular weight excluding hydrogens is 314 g/mol.